The zero-order valence-corrected chi connectivity index (χ0v) is 12.2. The summed E-state index contributed by atoms with van der Waals surface area (Å²) in [6.07, 6.45) is -7.51. The highest BCUT2D eigenvalue weighted by Crippen LogP contribution is 2.28. The zero-order chi connectivity index (χ0) is 17.2. The second-order valence-electron chi connectivity index (χ2n) is 4.21. The predicted octanol–water partition coefficient (Wildman–Crippen LogP) is 3.13. The molecule has 2 rings (SSSR count). The van der Waals surface area contributed by atoms with Gasteiger partial charge in [-0.25, -0.2) is 0 Å². The van der Waals surface area contributed by atoms with Crippen LogP contribution in [0.2, 0.25) is 5.02 Å². The van der Waals surface area contributed by atoms with E-state index in [9.17, 15) is 22.4 Å². The number of aromatic nitrogens is 2. The van der Waals surface area contributed by atoms with Gasteiger partial charge in [0.2, 0.25) is 0 Å². The van der Waals surface area contributed by atoms with Gasteiger partial charge in [0.15, 0.2) is 10.8 Å². The van der Waals surface area contributed by atoms with Crippen LogP contribution in [0, 0.1) is 0 Å². The van der Waals surface area contributed by atoms with Gasteiger partial charge in [0.1, 0.15) is 5.75 Å². The molecule has 2 aromatic rings. The maximum Gasteiger partial charge on any atom is 0.461 e. The van der Waals surface area contributed by atoms with Crippen molar-refractivity contribution in [1.82, 2.24) is 9.78 Å². The first-order chi connectivity index (χ1) is 10.8. The molecule has 23 heavy (non-hydrogen) atoms. The number of ether oxygens (including phenoxy) is 2. The standard InChI is InChI=1S/C13H9ClF4N2O3/c1-22-9-6-19-20(11(21)10(9)14)7-3-2-4-8(5-7)23-13(17,18)12(15)16/h2-6,12H,1H3. The van der Waals surface area contributed by atoms with E-state index < -0.39 is 23.8 Å². The first-order valence-electron chi connectivity index (χ1n) is 6.03. The Balaban J connectivity index is 2.42. The lowest BCUT2D eigenvalue weighted by Crippen LogP contribution is -2.33. The fraction of sp³-hybridized carbons (Fsp3) is 0.231. The van der Waals surface area contributed by atoms with Gasteiger partial charge in [0.25, 0.3) is 5.56 Å². The van der Waals surface area contributed by atoms with E-state index in [1.165, 1.54) is 19.2 Å². The lowest BCUT2D eigenvalue weighted by molar-refractivity contribution is -0.253. The average Bonchev–Trinajstić information content (AvgIpc) is 2.49. The summed E-state index contributed by atoms with van der Waals surface area (Å²) in [4.78, 5) is 12.0. The lowest BCUT2D eigenvalue weighted by atomic mass is 10.3. The summed E-state index contributed by atoms with van der Waals surface area (Å²) in [7, 11) is 1.29. The highest BCUT2D eigenvalue weighted by atomic mass is 35.5. The molecule has 0 saturated heterocycles. The maximum absolute atomic E-state index is 12.9. The van der Waals surface area contributed by atoms with Gasteiger partial charge < -0.3 is 9.47 Å². The summed E-state index contributed by atoms with van der Waals surface area (Å²) in [6, 6.07) is 4.56. The fourth-order valence-corrected chi connectivity index (χ4v) is 1.83. The van der Waals surface area contributed by atoms with Gasteiger partial charge in [-0.1, -0.05) is 17.7 Å². The zero-order valence-electron chi connectivity index (χ0n) is 11.5. The van der Waals surface area contributed by atoms with E-state index in [1.54, 1.807) is 0 Å². The number of hydrogen-bond donors (Lipinski definition) is 0. The smallest absolute Gasteiger partial charge is 0.461 e. The fourth-order valence-electron chi connectivity index (χ4n) is 1.62. The third kappa shape index (κ3) is 3.55. The largest absolute Gasteiger partial charge is 0.493 e. The van der Waals surface area contributed by atoms with Crippen LogP contribution in [0.25, 0.3) is 5.69 Å². The third-order valence-corrected chi connectivity index (χ3v) is 3.02. The number of rotatable bonds is 5. The normalized spacial score (nSPS) is 11.6. The highest BCUT2D eigenvalue weighted by Gasteiger charge is 2.44. The Labute approximate surface area is 132 Å². The molecule has 0 radical (unpaired) electrons. The molecule has 5 nitrogen and oxygen atoms in total. The molecule has 0 fully saturated rings. The first kappa shape index (κ1) is 17.1. The summed E-state index contributed by atoms with van der Waals surface area (Å²) in [5.41, 5.74) is -0.772. The van der Waals surface area contributed by atoms with Crippen molar-refractivity contribution in [1.29, 1.82) is 0 Å². The average molecular weight is 353 g/mol. The van der Waals surface area contributed by atoms with Crippen molar-refractivity contribution >= 4 is 11.6 Å². The molecular weight excluding hydrogens is 344 g/mol. The monoisotopic (exact) mass is 352 g/mol. The summed E-state index contributed by atoms with van der Waals surface area (Å²) >= 11 is 5.79. The molecule has 0 bridgehead atoms. The molecule has 0 spiro atoms. The molecule has 0 atom stereocenters. The number of benzene rings is 1. The van der Waals surface area contributed by atoms with E-state index in [2.05, 4.69) is 9.84 Å². The van der Waals surface area contributed by atoms with Crippen molar-refractivity contribution < 1.29 is 27.0 Å². The second kappa shape index (κ2) is 6.45. The quantitative estimate of drug-likeness (QED) is 0.776. The van der Waals surface area contributed by atoms with Crippen LogP contribution in [0.15, 0.2) is 35.3 Å². The van der Waals surface area contributed by atoms with Crippen LogP contribution < -0.4 is 15.0 Å². The Morgan fingerprint density at radius 1 is 1.35 bits per heavy atom. The molecule has 124 valence electrons. The molecule has 1 aromatic heterocycles. The van der Waals surface area contributed by atoms with Crippen LogP contribution in [0.1, 0.15) is 0 Å². The molecule has 10 heteroatoms. The molecule has 0 N–H and O–H groups in total. The van der Waals surface area contributed by atoms with Crippen LogP contribution in [0.4, 0.5) is 17.6 Å². The minimum absolute atomic E-state index is 0.00196. The summed E-state index contributed by atoms with van der Waals surface area (Å²) in [5, 5.41) is 3.48. The molecular formula is C13H9ClF4N2O3. The molecule has 0 unspecified atom stereocenters. The van der Waals surface area contributed by atoms with Gasteiger partial charge in [-0.15, -0.1) is 0 Å². The summed E-state index contributed by atoms with van der Waals surface area (Å²) in [6.45, 7) is 0. The van der Waals surface area contributed by atoms with Crippen molar-refractivity contribution in [2.45, 2.75) is 12.5 Å². The second-order valence-corrected chi connectivity index (χ2v) is 4.58. The third-order valence-electron chi connectivity index (χ3n) is 2.68. The van der Waals surface area contributed by atoms with Crippen molar-refractivity contribution in [2.75, 3.05) is 7.11 Å². The SMILES string of the molecule is COc1cnn(-c2cccc(OC(F)(F)C(F)F)c2)c(=O)c1Cl. The van der Waals surface area contributed by atoms with E-state index in [4.69, 9.17) is 16.3 Å². The first-order valence-corrected chi connectivity index (χ1v) is 6.41. The van der Waals surface area contributed by atoms with Crippen LogP contribution in [-0.2, 0) is 0 Å². The minimum Gasteiger partial charge on any atom is -0.493 e. The topological polar surface area (TPSA) is 53.4 Å². The number of hydrogen-bond acceptors (Lipinski definition) is 4. The van der Waals surface area contributed by atoms with Crippen molar-refractivity contribution in [3.63, 3.8) is 0 Å². The molecule has 0 amide bonds. The summed E-state index contributed by atoms with van der Waals surface area (Å²) < 4.78 is 59.7. The Morgan fingerprint density at radius 2 is 2.04 bits per heavy atom. The minimum atomic E-state index is -4.66. The van der Waals surface area contributed by atoms with Crippen LogP contribution in [0.5, 0.6) is 11.5 Å². The van der Waals surface area contributed by atoms with Gasteiger partial charge in [-0.3, -0.25) is 4.79 Å². The summed E-state index contributed by atoms with van der Waals surface area (Å²) in [5.74, 6) is -0.530. The van der Waals surface area contributed by atoms with Gasteiger partial charge in [0, 0.05) is 6.07 Å². The molecule has 1 heterocycles. The van der Waals surface area contributed by atoms with Crippen molar-refractivity contribution in [3.8, 4) is 17.2 Å². The Morgan fingerprint density at radius 3 is 2.65 bits per heavy atom. The van der Waals surface area contributed by atoms with Crippen molar-refractivity contribution in [3.05, 3.63) is 45.8 Å². The van der Waals surface area contributed by atoms with E-state index in [0.717, 1.165) is 23.0 Å². The molecule has 0 aliphatic heterocycles. The van der Waals surface area contributed by atoms with Crippen molar-refractivity contribution in [2.24, 2.45) is 0 Å². The van der Waals surface area contributed by atoms with Crippen LogP contribution >= 0.6 is 11.6 Å². The van der Waals surface area contributed by atoms with Gasteiger partial charge in [-0.2, -0.15) is 27.3 Å². The molecule has 0 aliphatic rings. The Kier molecular flexibility index (Phi) is 4.79. The number of methoxy groups -OCH3 is 1. The number of nitrogens with zero attached hydrogens (tertiary/aromatic N) is 2. The van der Waals surface area contributed by atoms with E-state index in [0.29, 0.717) is 0 Å². The maximum atomic E-state index is 12.9. The Bertz CT molecular complexity index is 767. The van der Waals surface area contributed by atoms with E-state index in [-0.39, 0.29) is 16.5 Å². The number of halogens is 5. The Hall–Kier alpha value is -2.29. The van der Waals surface area contributed by atoms with Gasteiger partial charge in [0.05, 0.1) is 19.0 Å². The van der Waals surface area contributed by atoms with E-state index >= 15 is 0 Å². The van der Waals surface area contributed by atoms with Crippen LogP contribution in [0.3, 0.4) is 0 Å². The van der Waals surface area contributed by atoms with E-state index in [1.807, 2.05) is 0 Å². The highest BCUT2D eigenvalue weighted by molar-refractivity contribution is 6.31. The van der Waals surface area contributed by atoms with Crippen LogP contribution in [-0.4, -0.2) is 29.4 Å². The molecule has 0 aliphatic carbocycles. The number of alkyl halides is 4. The molecule has 0 saturated carbocycles. The predicted molar refractivity (Wildman–Crippen MR) is 73.0 cm³/mol. The lowest BCUT2D eigenvalue weighted by Gasteiger charge is -2.17. The van der Waals surface area contributed by atoms with Gasteiger partial charge >= 0.3 is 12.5 Å². The van der Waals surface area contributed by atoms with Gasteiger partial charge in [-0.05, 0) is 12.1 Å². The molecule has 1 aromatic carbocycles.